The Bertz CT molecular complexity index is 1450. The molecule has 10 heteroatoms. The summed E-state index contributed by atoms with van der Waals surface area (Å²) in [6.07, 6.45) is 8.33. The minimum atomic E-state index is -0.584. The number of nitrogen functional groups attached to an aromatic ring is 1. The van der Waals surface area contributed by atoms with Gasteiger partial charge in [-0.05, 0) is 55.0 Å². The fourth-order valence-electron chi connectivity index (χ4n) is 4.69. The molecule has 1 saturated carbocycles. The Morgan fingerprint density at radius 2 is 2.09 bits per heavy atom. The Labute approximate surface area is 199 Å². The molecule has 0 bridgehead atoms. The van der Waals surface area contributed by atoms with Crippen LogP contribution in [-0.2, 0) is 0 Å². The lowest BCUT2D eigenvalue weighted by molar-refractivity contribution is 0.102. The SMILES string of the molecule is Nc1nccn2c([C@@H]3CC4(CC4)CN3)nc(-c3ccc(C(=O)Nc4cc(Cl)ccn4)cc3F)c12. The van der Waals surface area contributed by atoms with Gasteiger partial charge in [0.15, 0.2) is 0 Å². The van der Waals surface area contributed by atoms with Crippen LogP contribution < -0.4 is 16.4 Å². The van der Waals surface area contributed by atoms with E-state index in [0.717, 1.165) is 18.8 Å². The summed E-state index contributed by atoms with van der Waals surface area (Å²) in [6, 6.07) is 7.44. The highest BCUT2D eigenvalue weighted by Crippen LogP contribution is 2.55. The second-order valence-electron chi connectivity index (χ2n) is 9.00. The summed E-state index contributed by atoms with van der Waals surface area (Å²) < 4.78 is 17.2. The second-order valence-corrected chi connectivity index (χ2v) is 9.43. The maximum Gasteiger partial charge on any atom is 0.256 e. The summed E-state index contributed by atoms with van der Waals surface area (Å²) in [7, 11) is 0. The number of carbonyl (C=O) groups is 1. The molecule has 4 heterocycles. The summed E-state index contributed by atoms with van der Waals surface area (Å²) in [5.74, 6) is 0.254. The Kier molecular flexibility index (Phi) is 4.79. The fourth-order valence-corrected chi connectivity index (χ4v) is 4.85. The van der Waals surface area contributed by atoms with Crippen LogP contribution in [0.3, 0.4) is 0 Å². The number of hydrogen-bond acceptors (Lipinski definition) is 6. The number of halogens is 2. The molecular weight excluding hydrogens is 457 g/mol. The third-order valence-corrected chi connectivity index (χ3v) is 6.92. The molecule has 1 aromatic carbocycles. The van der Waals surface area contributed by atoms with E-state index in [9.17, 15) is 4.79 Å². The normalized spacial score (nSPS) is 18.5. The predicted octanol–water partition coefficient (Wildman–Crippen LogP) is 4.23. The first-order chi connectivity index (χ1) is 16.4. The van der Waals surface area contributed by atoms with Gasteiger partial charge in [-0.25, -0.2) is 19.3 Å². The molecule has 1 amide bonds. The number of rotatable bonds is 4. The fraction of sp³-hybridized carbons (Fsp3) is 0.250. The number of nitrogens with two attached hydrogens (primary N) is 1. The lowest BCUT2D eigenvalue weighted by atomic mass is 10.0. The Morgan fingerprint density at radius 3 is 2.82 bits per heavy atom. The van der Waals surface area contributed by atoms with Crippen LogP contribution in [0, 0.1) is 11.2 Å². The Hall–Kier alpha value is -3.56. The number of hydrogen-bond donors (Lipinski definition) is 3. The highest BCUT2D eigenvalue weighted by atomic mass is 35.5. The highest BCUT2D eigenvalue weighted by Gasteiger charge is 2.49. The lowest BCUT2D eigenvalue weighted by Crippen LogP contribution is -2.16. The van der Waals surface area contributed by atoms with Gasteiger partial charge in [-0.3, -0.25) is 9.20 Å². The van der Waals surface area contributed by atoms with E-state index in [1.807, 2.05) is 4.40 Å². The number of pyridine rings is 1. The van der Waals surface area contributed by atoms with Crippen molar-refractivity contribution in [2.45, 2.75) is 25.3 Å². The van der Waals surface area contributed by atoms with Crippen molar-refractivity contribution in [3.63, 3.8) is 0 Å². The van der Waals surface area contributed by atoms with Crippen molar-refractivity contribution in [1.82, 2.24) is 24.7 Å². The van der Waals surface area contributed by atoms with Crippen molar-refractivity contribution in [3.8, 4) is 11.3 Å². The van der Waals surface area contributed by atoms with E-state index in [-0.39, 0.29) is 28.8 Å². The van der Waals surface area contributed by atoms with E-state index in [2.05, 4.69) is 20.6 Å². The van der Waals surface area contributed by atoms with Crippen LogP contribution >= 0.6 is 11.6 Å². The van der Waals surface area contributed by atoms with Crippen LogP contribution in [0.15, 0.2) is 48.9 Å². The average molecular weight is 478 g/mol. The topological polar surface area (TPSA) is 110 Å². The number of imidazole rings is 1. The summed E-state index contributed by atoms with van der Waals surface area (Å²) in [5.41, 5.74) is 7.92. The lowest BCUT2D eigenvalue weighted by Gasteiger charge is -2.09. The van der Waals surface area contributed by atoms with Crippen LogP contribution in [0.2, 0.25) is 5.02 Å². The molecule has 8 nitrogen and oxygen atoms in total. The molecule has 4 aromatic rings. The van der Waals surface area contributed by atoms with Gasteiger partial charge in [0.05, 0.1) is 6.04 Å². The molecule has 34 heavy (non-hydrogen) atoms. The van der Waals surface area contributed by atoms with Gasteiger partial charge in [0.1, 0.15) is 34.5 Å². The minimum absolute atomic E-state index is 0.0591. The van der Waals surface area contributed by atoms with Crippen LogP contribution in [-0.4, -0.2) is 31.8 Å². The first-order valence-electron chi connectivity index (χ1n) is 11.0. The zero-order valence-corrected chi connectivity index (χ0v) is 18.8. The van der Waals surface area contributed by atoms with Gasteiger partial charge in [0.25, 0.3) is 5.91 Å². The number of aromatic nitrogens is 4. The van der Waals surface area contributed by atoms with Crippen molar-refractivity contribution in [1.29, 1.82) is 0 Å². The van der Waals surface area contributed by atoms with Crippen molar-refractivity contribution < 1.29 is 9.18 Å². The van der Waals surface area contributed by atoms with E-state index in [0.29, 0.717) is 21.6 Å². The molecule has 1 atom stereocenters. The van der Waals surface area contributed by atoms with Gasteiger partial charge < -0.3 is 16.4 Å². The van der Waals surface area contributed by atoms with Crippen molar-refractivity contribution in [2.75, 3.05) is 17.6 Å². The van der Waals surface area contributed by atoms with Crippen molar-refractivity contribution >= 4 is 34.7 Å². The standard InChI is InChI=1S/C24H21ClFN7O/c25-14-3-6-28-18(10-14)31-23(34)13-1-2-15(16(26)9-13)19-20-21(27)29-7-8-33(20)22(32-19)17-11-24(4-5-24)12-30-17/h1-3,6-10,17,30H,4-5,11-12H2,(H2,27,29)(H,28,31,34)/t17-/m0/s1. The van der Waals surface area contributed by atoms with Gasteiger partial charge in [0, 0.05) is 41.3 Å². The number of fused-ring (bicyclic) bond motifs is 1. The van der Waals surface area contributed by atoms with E-state index in [4.69, 9.17) is 22.3 Å². The summed E-state index contributed by atoms with van der Waals surface area (Å²) in [4.78, 5) is 25.7. The third kappa shape index (κ3) is 3.57. The van der Waals surface area contributed by atoms with E-state index in [1.165, 1.54) is 31.2 Å². The second kappa shape index (κ2) is 7.75. The predicted molar refractivity (Wildman–Crippen MR) is 127 cm³/mol. The number of nitrogens with zero attached hydrogens (tertiary/aromatic N) is 4. The molecule has 2 aliphatic rings. The van der Waals surface area contributed by atoms with Crippen LogP contribution in [0.1, 0.15) is 41.5 Å². The zero-order chi connectivity index (χ0) is 23.4. The maximum absolute atomic E-state index is 15.3. The quantitative estimate of drug-likeness (QED) is 0.405. The molecule has 172 valence electrons. The molecule has 1 aliphatic heterocycles. The summed E-state index contributed by atoms with van der Waals surface area (Å²) in [6.45, 7) is 0.960. The average Bonchev–Trinajstić information content (AvgIpc) is 3.26. The van der Waals surface area contributed by atoms with Crippen LogP contribution in [0.5, 0.6) is 0 Å². The minimum Gasteiger partial charge on any atom is -0.382 e. The number of amides is 1. The Morgan fingerprint density at radius 1 is 1.24 bits per heavy atom. The molecule has 1 aliphatic carbocycles. The molecule has 1 saturated heterocycles. The summed E-state index contributed by atoms with van der Waals surface area (Å²) in [5, 5.41) is 6.62. The molecule has 2 fully saturated rings. The largest absolute Gasteiger partial charge is 0.382 e. The first-order valence-corrected chi connectivity index (χ1v) is 11.4. The van der Waals surface area contributed by atoms with Gasteiger partial charge in [-0.15, -0.1) is 0 Å². The van der Waals surface area contributed by atoms with Crippen LogP contribution in [0.4, 0.5) is 16.0 Å². The van der Waals surface area contributed by atoms with Crippen molar-refractivity contribution in [2.24, 2.45) is 5.41 Å². The monoisotopic (exact) mass is 477 g/mol. The van der Waals surface area contributed by atoms with E-state index in [1.54, 1.807) is 30.6 Å². The molecule has 4 N–H and O–H groups in total. The van der Waals surface area contributed by atoms with Gasteiger partial charge in [-0.2, -0.15) is 0 Å². The van der Waals surface area contributed by atoms with Gasteiger partial charge in [-0.1, -0.05) is 11.6 Å². The third-order valence-electron chi connectivity index (χ3n) is 6.69. The van der Waals surface area contributed by atoms with E-state index < -0.39 is 11.7 Å². The molecule has 0 unspecified atom stereocenters. The Balaban J connectivity index is 1.36. The van der Waals surface area contributed by atoms with E-state index >= 15 is 4.39 Å². The zero-order valence-electron chi connectivity index (χ0n) is 18.1. The number of nitrogens with one attached hydrogen (secondary N) is 2. The number of carbonyl (C=O) groups excluding carboxylic acids is 1. The van der Waals surface area contributed by atoms with Gasteiger partial charge in [0.2, 0.25) is 0 Å². The molecule has 6 rings (SSSR count). The highest BCUT2D eigenvalue weighted by molar-refractivity contribution is 6.30. The number of benzene rings is 1. The molecular formula is C24H21ClFN7O. The maximum atomic E-state index is 15.3. The summed E-state index contributed by atoms with van der Waals surface area (Å²) >= 11 is 5.94. The van der Waals surface area contributed by atoms with Crippen LogP contribution in [0.25, 0.3) is 16.8 Å². The molecule has 1 spiro atoms. The molecule has 3 aromatic heterocycles. The smallest absolute Gasteiger partial charge is 0.256 e. The first kappa shape index (κ1) is 21.0. The number of anilines is 2. The molecule has 0 radical (unpaired) electrons. The van der Waals surface area contributed by atoms with Gasteiger partial charge >= 0.3 is 0 Å². The van der Waals surface area contributed by atoms with Crippen molar-refractivity contribution in [3.05, 3.63) is 71.2 Å².